The fourth-order valence-electron chi connectivity index (χ4n) is 2.75. The van der Waals surface area contributed by atoms with Crippen molar-refractivity contribution in [1.82, 2.24) is 0 Å². The molecular weight excluding hydrogens is 381 g/mol. The second-order valence-electron chi connectivity index (χ2n) is 6.03. The van der Waals surface area contributed by atoms with Crippen LogP contribution in [0.2, 0.25) is 5.02 Å². The van der Waals surface area contributed by atoms with Crippen LogP contribution in [0.3, 0.4) is 0 Å². The summed E-state index contributed by atoms with van der Waals surface area (Å²) in [5.41, 5.74) is 1.77. The van der Waals surface area contributed by atoms with Crippen molar-refractivity contribution < 1.29 is 18.7 Å². The zero-order chi connectivity index (χ0) is 19.9. The Hall–Kier alpha value is -3.18. The molecule has 3 rings (SSSR count). The van der Waals surface area contributed by atoms with E-state index < -0.39 is 30.2 Å². The third-order valence-corrected chi connectivity index (χ3v) is 4.36. The number of hydrogen-bond donors (Lipinski definition) is 1. The number of amides is 1. The Labute approximate surface area is 166 Å². The lowest BCUT2D eigenvalue weighted by Gasteiger charge is -2.17. The zero-order valence-electron chi connectivity index (χ0n) is 14.8. The number of anilines is 1. The maximum Gasteiger partial charge on any atom is 0.318 e. The van der Waals surface area contributed by atoms with E-state index in [-0.39, 0.29) is 10.7 Å². The highest BCUT2D eigenvalue weighted by molar-refractivity contribution is 6.33. The molecule has 6 heteroatoms. The normalized spacial score (nSPS) is 10.5. The van der Waals surface area contributed by atoms with Crippen LogP contribution in [0, 0.1) is 5.82 Å². The van der Waals surface area contributed by atoms with Crippen LogP contribution in [0.15, 0.2) is 78.9 Å². The van der Waals surface area contributed by atoms with Crippen molar-refractivity contribution in [2.75, 3.05) is 11.9 Å². The Bertz CT molecular complexity index is 925. The number of halogens is 2. The molecule has 0 fully saturated rings. The minimum atomic E-state index is -0.649. The molecule has 4 nitrogen and oxygen atoms in total. The maximum atomic E-state index is 13.1. The van der Waals surface area contributed by atoms with E-state index in [9.17, 15) is 14.0 Å². The molecule has 3 aromatic rings. The van der Waals surface area contributed by atoms with Crippen molar-refractivity contribution in [2.45, 2.75) is 5.92 Å². The summed E-state index contributed by atoms with van der Waals surface area (Å²) in [4.78, 5) is 24.8. The van der Waals surface area contributed by atoms with Crippen molar-refractivity contribution >= 4 is 29.2 Å². The summed E-state index contributed by atoms with van der Waals surface area (Å²) in [5.74, 6) is -2.27. The highest BCUT2D eigenvalue weighted by Crippen LogP contribution is 2.26. The number of carbonyl (C=O) groups is 2. The Kier molecular flexibility index (Phi) is 6.40. The van der Waals surface area contributed by atoms with E-state index in [2.05, 4.69) is 5.32 Å². The van der Waals surface area contributed by atoms with Crippen LogP contribution in [0.25, 0.3) is 0 Å². The second-order valence-corrected chi connectivity index (χ2v) is 6.44. The van der Waals surface area contributed by atoms with E-state index >= 15 is 0 Å². The Balaban J connectivity index is 1.69. The predicted molar refractivity (Wildman–Crippen MR) is 106 cm³/mol. The van der Waals surface area contributed by atoms with Gasteiger partial charge in [-0.3, -0.25) is 9.59 Å². The summed E-state index contributed by atoms with van der Waals surface area (Å²) in [5, 5.41) is 2.56. The highest BCUT2D eigenvalue weighted by atomic mass is 35.5. The van der Waals surface area contributed by atoms with Crippen molar-refractivity contribution in [3.63, 3.8) is 0 Å². The number of rotatable bonds is 6. The molecule has 0 atom stereocenters. The molecule has 0 bridgehead atoms. The molecule has 0 saturated heterocycles. The van der Waals surface area contributed by atoms with E-state index in [0.717, 1.165) is 17.2 Å². The average Bonchev–Trinajstić information content (AvgIpc) is 2.70. The SMILES string of the molecule is O=C(COC(=O)C(c1ccccc1)c1ccccc1)Nc1ccc(F)cc1Cl. The quantitative estimate of drug-likeness (QED) is 0.608. The third-order valence-electron chi connectivity index (χ3n) is 4.05. The van der Waals surface area contributed by atoms with Gasteiger partial charge in [0.2, 0.25) is 0 Å². The van der Waals surface area contributed by atoms with Gasteiger partial charge in [-0.15, -0.1) is 0 Å². The van der Waals surface area contributed by atoms with E-state index in [4.69, 9.17) is 16.3 Å². The molecule has 0 aliphatic rings. The van der Waals surface area contributed by atoms with E-state index in [1.54, 1.807) is 0 Å². The second kappa shape index (κ2) is 9.15. The van der Waals surface area contributed by atoms with Gasteiger partial charge in [0, 0.05) is 0 Å². The van der Waals surface area contributed by atoms with Crippen LogP contribution >= 0.6 is 11.6 Å². The van der Waals surface area contributed by atoms with Crippen molar-refractivity contribution in [3.05, 3.63) is 101 Å². The minimum absolute atomic E-state index is 0.0612. The van der Waals surface area contributed by atoms with Crippen molar-refractivity contribution in [1.29, 1.82) is 0 Å². The van der Waals surface area contributed by atoms with Gasteiger partial charge in [0.1, 0.15) is 11.7 Å². The molecule has 0 spiro atoms. The van der Waals surface area contributed by atoms with Crippen molar-refractivity contribution in [3.8, 4) is 0 Å². The number of benzene rings is 3. The Morgan fingerprint density at radius 3 is 2.04 bits per heavy atom. The molecule has 0 aliphatic carbocycles. The van der Waals surface area contributed by atoms with Crippen LogP contribution in [0.4, 0.5) is 10.1 Å². The van der Waals surface area contributed by atoms with Gasteiger partial charge in [-0.25, -0.2) is 4.39 Å². The number of hydrogen-bond acceptors (Lipinski definition) is 3. The minimum Gasteiger partial charge on any atom is -0.455 e. The van der Waals surface area contributed by atoms with Crippen LogP contribution in [0.1, 0.15) is 17.0 Å². The summed E-state index contributed by atoms with van der Waals surface area (Å²) in [7, 11) is 0. The first kappa shape index (κ1) is 19.6. The van der Waals surface area contributed by atoms with Gasteiger partial charge in [-0.2, -0.15) is 0 Å². The lowest BCUT2D eigenvalue weighted by molar-refractivity contribution is -0.147. The highest BCUT2D eigenvalue weighted by Gasteiger charge is 2.24. The molecule has 28 heavy (non-hydrogen) atoms. The smallest absolute Gasteiger partial charge is 0.318 e. The third kappa shape index (κ3) is 4.96. The summed E-state index contributed by atoms with van der Waals surface area (Å²) < 4.78 is 18.3. The van der Waals surface area contributed by atoms with E-state index in [1.165, 1.54) is 12.1 Å². The fourth-order valence-corrected chi connectivity index (χ4v) is 2.97. The van der Waals surface area contributed by atoms with Gasteiger partial charge >= 0.3 is 5.97 Å². The molecule has 0 heterocycles. The van der Waals surface area contributed by atoms with Crippen LogP contribution in [0.5, 0.6) is 0 Å². The molecule has 142 valence electrons. The first-order chi connectivity index (χ1) is 13.5. The summed E-state index contributed by atoms with van der Waals surface area (Å²) >= 11 is 5.88. The lowest BCUT2D eigenvalue weighted by atomic mass is 9.91. The zero-order valence-corrected chi connectivity index (χ0v) is 15.5. The lowest BCUT2D eigenvalue weighted by Crippen LogP contribution is -2.24. The van der Waals surface area contributed by atoms with Crippen LogP contribution in [-0.4, -0.2) is 18.5 Å². The fraction of sp³-hybridized carbons (Fsp3) is 0.0909. The predicted octanol–water partition coefficient (Wildman–Crippen LogP) is 4.79. The first-order valence-corrected chi connectivity index (χ1v) is 8.94. The van der Waals surface area contributed by atoms with Crippen LogP contribution in [-0.2, 0) is 14.3 Å². The van der Waals surface area contributed by atoms with Gasteiger partial charge in [-0.1, -0.05) is 72.3 Å². The molecule has 0 aliphatic heterocycles. The standard InChI is InChI=1S/C22H17ClFNO3/c23-18-13-17(24)11-12-19(18)25-20(26)14-28-22(27)21(15-7-3-1-4-8-15)16-9-5-2-6-10-16/h1-13,21H,14H2,(H,25,26). The molecule has 0 radical (unpaired) electrons. The monoisotopic (exact) mass is 397 g/mol. The molecular formula is C22H17ClFNO3. The summed E-state index contributed by atoms with van der Waals surface area (Å²) in [6.07, 6.45) is 0. The molecule has 0 aromatic heterocycles. The van der Waals surface area contributed by atoms with Gasteiger partial charge in [-0.05, 0) is 29.3 Å². The largest absolute Gasteiger partial charge is 0.455 e. The molecule has 3 aromatic carbocycles. The molecule has 1 N–H and O–H groups in total. The average molecular weight is 398 g/mol. The number of esters is 1. The Morgan fingerprint density at radius 1 is 0.929 bits per heavy atom. The molecule has 0 unspecified atom stereocenters. The Morgan fingerprint density at radius 2 is 1.50 bits per heavy atom. The van der Waals surface area contributed by atoms with E-state index in [1.807, 2.05) is 60.7 Å². The van der Waals surface area contributed by atoms with Gasteiger partial charge in [0.25, 0.3) is 5.91 Å². The van der Waals surface area contributed by atoms with Crippen LogP contribution < -0.4 is 5.32 Å². The summed E-state index contributed by atoms with van der Waals surface area (Å²) in [6, 6.07) is 22.0. The van der Waals surface area contributed by atoms with Gasteiger partial charge in [0.05, 0.1) is 10.7 Å². The van der Waals surface area contributed by atoms with Gasteiger partial charge < -0.3 is 10.1 Å². The summed E-state index contributed by atoms with van der Waals surface area (Å²) in [6.45, 7) is -0.483. The van der Waals surface area contributed by atoms with Crippen molar-refractivity contribution in [2.24, 2.45) is 0 Å². The number of nitrogens with one attached hydrogen (secondary N) is 1. The molecule has 0 saturated carbocycles. The van der Waals surface area contributed by atoms with E-state index in [0.29, 0.717) is 0 Å². The number of carbonyl (C=O) groups excluding carboxylic acids is 2. The van der Waals surface area contributed by atoms with Gasteiger partial charge in [0.15, 0.2) is 6.61 Å². The topological polar surface area (TPSA) is 55.4 Å². The first-order valence-electron chi connectivity index (χ1n) is 8.56. The molecule has 1 amide bonds. The number of ether oxygens (including phenoxy) is 1. The maximum absolute atomic E-state index is 13.1.